The van der Waals surface area contributed by atoms with E-state index < -0.39 is 15.6 Å². The Morgan fingerprint density at radius 2 is 1.97 bits per heavy atom. The third kappa shape index (κ3) is 4.96. The Bertz CT molecular complexity index is 1120. The third-order valence-corrected chi connectivity index (χ3v) is 6.45. The van der Waals surface area contributed by atoms with Gasteiger partial charge in [0.25, 0.3) is 0 Å². The third-order valence-electron chi connectivity index (χ3n) is 4.94. The van der Waals surface area contributed by atoms with Crippen molar-refractivity contribution < 1.29 is 13.4 Å². The number of carbonyl (C=O) groups is 1. The molecule has 0 spiro atoms. The second-order valence-electron chi connectivity index (χ2n) is 6.97. The molecule has 1 amide bonds. The van der Waals surface area contributed by atoms with E-state index >= 15 is 0 Å². The summed E-state index contributed by atoms with van der Waals surface area (Å²) in [6.07, 6.45) is 3.73. The van der Waals surface area contributed by atoms with Crippen LogP contribution in [0.3, 0.4) is 0 Å². The van der Waals surface area contributed by atoms with Gasteiger partial charge < -0.3 is 0 Å². The van der Waals surface area contributed by atoms with E-state index in [2.05, 4.69) is 21.3 Å². The average Bonchev–Trinajstić information content (AvgIpc) is 2.97. The van der Waals surface area contributed by atoms with Crippen LogP contribution in [0.2, 0.25) is 4.82 Å². The van der Waals surface area contributed by atoms with E-state index in [-0.39, 0.29) is 24.7 Å². The number of allylic oxidation sites excluding steroid dienone is 2. The van der Waals surface area contributed by atoms with Gasteiger partial charge in [0.05, 0.1) is 0 Å². The van der Waals surface area contributed by atoms with E-state index in [9.17, 15) is 13.4 Å². The van der Waals surface area contributed by atoms with E-state index in [4.69, 9.17) is 5.26 Å². The topological polar surface area (TPSA) is 70.0 Å². The van der Waals surface area contributed by atoms with Crippen molar-refractivity contribution in [1.82, 2.24) is 5.32 Å². The summed E-state index contributed by atoms with van der Waals surface area (Å²) in [6.45, 7) is 2.15. The molecule has 2 aromatic rings. The van der Waals surface area contributed by atoms with Gasteiger partial charge in [-0.3, -0.25) is 4.21 Å². The molecule has 2 atom stereocenters. The van der Waals surface area contributed by atoms with Crippen molar-refractivity contribution in [3.05, 3.63) is 70.5 Å². The van der Waals surface area contributed by atoms with Gasteiger partial charge >= 0.3 is 160 Å². The van der Waals surface area contributed by atoms with E-state index in [0.717, 1.165) is 32.7 Å². The first-order valence-corrected chi connectivity index (χ1v) is 11.8. The number of benzene rings is 2. The Morgan fingerprint density at radius 3 is 2.60 bits per heavy atom. The molecular formula is C23H20FN2O2SSe. The van der Waals surface area contributed by atoms with Crippen molar-refractivity contribution in [2.45, 2.75) is 23.1 Å². The zero-order valence-electron chi connectivity index (χ0n) is 16.6. The number of nitriles is 1. The fourth-order valence-electron chi connectivity index (χ4n) is 3.38. The number of nitrogens with one attached hydrogen (secondary N) is 1. The van der Waals surface area contributed by atoms with Crippen molar-refractivity contribution in [2.24, 2.45) is 0 Å². The molecule has 2 unspecified atom stereocenters. The number of hydrogen-bond donors (Lipinski definition) is 1. The molecule has 0 aromatic heterocycles. The molecule has 3 rings (SSSR count). The second-order valence-corrected chi connectivity index (χ2v) is 9.55. The van der Waals surface area contributed by atoms with Crippen molar-refractivity contribution in [2.75, 3.05) is 12.8 Å². The van der Waals surface area contributed by atoms with Gasteiger partial charge in [0.15, 0.2) is 0 Å². The van der Waals surface area contributed by atoms with Crippen LogP contribution in [0.4, 0.5) is 4.39 Å². The molecule has 0 aliphatic heterocycles. The Labute approximate surface area is 186 Å². The second kappa shape index (κ2) is 9.53. The summed E-state index contributed by atoms with van der Waals surface area (Å²) in [5, 5.41) is 11.6. The van der Waals surface area contributed by atoms with Crippen LogP contribution in [0.15, 0.2) is 52.9 Å². The number of nitrogens with zero attached hydrogens (tertiary/aromatic N) is 1. The first-order chi connectivity index (χ1) is 14.3. The summed E-state index contributed by atoms with van der Waals surface area (Å²) in [5.74, 6) is -0.575. The fraction of sp³-hybridized carbons (Fsp3) is 0.217. The summed E-state index contributed by atoms with van der Waals surface area (Å²) >= 11 is 2.69. The maximum atomic E-state index is 14.0. The number of fused-ring (bicyclic) bond motifs is 1. The number of hydrogen-bond acceptors (Lipinski definition) is 3. The zero-order chi connectivity index (χ0) is 21.8. The summed E-state index contributed by atoms with van der Waals surface area (Å²) in [7, 11) is -1.04. The van der Waals surface area contributed by atoms with E-state index in [1.54, 1.807) is 12.3 Å². The molecule has 0 fully saturated rings. The quantitative estimate of drug-likeness (QED) is 0.631. The van der Waals surface area contributed by atoms with E-state index in [1.807, 2.05) is 43.3 Å². The van der Waals surface area contributed by atoms with Crippen LogP contribution in [-0.2, 0) is 15.6 Å². The number of carbonyl (C=O) groups excluding carboxylic acids is 1. The molecule has 0 saturated carbocycles. The van der Waals surface area contributed by atoms with Crippen molar-refractivity contribution >= 4 is 49.9 Å². The molecule has 1 N–H and O–H groups in total. The minimum absolute atomic E-state index is 0.103. The van der Waals surface area contributed by atoms with Crippen LogP contribution in [0, 0.1) is 17.1 Å². The molecule has 0 bridgehead atoms. The van der Waals surface area contributed by atoms with Gasteiger partial charge in [-0.25, -0.2) is 0 Å². The summed E-state index contributed by atoms with van der Waals surface area (Å²) < 4.78 is 25.6. The van der Waals surface area contributed by atoms with Gasteiger partial charge in [0.2, 0.25) is 0 Å². The van der Waals surface area contributed by atoms with E-state index in [1.165, 1.54) is 12.1 Å². The minimum atomic E-state index is -1.04. The molecular weight excluding hydrogens is 466 g/mol. The zero-order valence-corrected chi connectivity index (χ0v) is 19.1. The summed E-state index contributed by atoms with van der Waals surface area (Å²) in [5.41, 5.74) is 5.12. The van der Waals surface area contributed by atoms with Gasteiger partial charge in [-0.05, 0) is 0 Å². The molecule has 153 valence electrons. The standard InChI is InChI=1S/C23H20FN2O2SSe/c1-14-20(9-15-3-6-17(7-4-15)29(2)28)19-8-5-16(24)10-22(19)21(14)11-23(27)26-13-18(30)12-25/h3-10,18H,11,13H2,1-2H3,(H,26,27)/b20-9-. The van der Waals surface area contributed by atoms with Crippen molar-refractivity contribution in [1.29, 1.82) is 5.26 Å². The van der Waals surface area contributed by atoms with Crippen LogP contribution >= 0.6 is 0 Å². The summed E-state index contributed by atoms with van der Waals surface area (Å²) in [6, 6.07) is 14.1. The number of halogens is 1. The summed E-state index contributed by atoms with van der Waals surface area (Å²) in [4.78, 5) is 12.8. The number of amides is 1. The molecule has 1 radical (unpaired) electrons. The average molecular weight is 486 g/mol. The van der Waals surface area contributed by atoms with Crippen LogP contribution in [-0.4, -0.2) is 38.9 Å². The monoisotopic (exact) mass is 487 g/mol. The van der Waals surface area contributed by atoms with Crippen LogP contribution < -0.4 is 5.32 Å². The molecule has 2 aromatic carbocycles. The predicted molar refractivity (Wildman–Crippen MR) is 118 cm³/mol. The Morgan fingerprint density at radius 1 is 1.27 bits per heavy atom. The predicted octanol–water partition coefficient (Wildman–Crippen LogP) is 3.88. The Balaban J connectivity index is 1.95. The molecule has 30 heavy (non-hydrogen) atoms. The fourth-order valence-corrected chi connectivity index (χ4v) is 4.07. The molecule has 0 heterocycles. The van der Waals surface area contributed by atoms with Gasteiger partial charge in [-0.2, -0.15) is 0 Å². The first-order valence-electron chi connectivity index (χ1n) is 9.28. The SMILES string of the molecule is CC1=C(CC(=O)NCC([Se])C#N)c2cc(F)ccc2/C1=C\c1ccc(S(C)=O)cc1. The van der Waals surface area contributed by atoms with Gasteiger partial charge in [-0.15, -0.1) is 0 Å². The normalized spacial score (nSPS) is 16.2. The van der Waals surface area contributed by atoms with Crippen molar-refractivity contribution in [3.8, 4) is 6.07 Å². The first kappa shape index (κ1) is 22.2. The molecule has 1 aliphatic carbocycles. The van der Waals surface area contributed by atoms with E-state index in [0.29, 0.717) is 5.56 Å². The van der Waals surface area contributed by atoms with Crippen molar-refractivity contribution in [3.63, 3.8) is 0 Å². The maximum absolute atomic E-state index is 14.0. The molecule has 1 aliphatic rings. The van der Waals surface area contributed by atoms with Crippen LogP contribution in [0.1, 0.15) is 30.0 Å². The molecule has 4 nitrogen and oxygen atoms in total. The van der Waals surface area contributed by atoms with Gasteiger partial charge in [0.1, 0.15) is 0 Å². The molecule has 7 heteroatoms. The van der Waals surface area contributed by atoms with Crippen LogP contribution in [0.5, 0.6) is 0 Å². The number of rotatable bonds is 6. The Kier molecular flexibility index (Phi) is 7.04. The Hall–Kier alpha value is -2.52. The molecule has 0 saturated heterocycles. The van der Waals surface area contributed by atoms with Gasteiger partial charge in [0, 0.05) is 22.0 Å². The van der Waals surface area contributed by atoms with Gasteiger partial charge in [-0.1, -0.05) is 0 Å². The van der Waals surface area contributed by atoms with Crippen LogP contribution in [0.25, 0.3) is 17.2 Å².